The van der Waals surface area contributed by atoms with Crippen LogP contribution in [0, 0.1) is 6.92 Å². The Bertz CT molecular complexity index is 407. The Hall–Kier alpha value is -1.59. The second-order valence-corrected chi connectivity index (χ2v) is 4.12. The van der Waals surface area contributed by atoms with Crippen molar-refractivity contribution in [1.29, 1.82) is 0 Å². The van der Waals surface area contributed by atoms with E-state index in [1.807, 2.05) is 26.0 Å². The largest absolute Gasteiger partial charge is 0.380 e. The molecule has 5 nitrogen and oxygen atoms in total. The van der Waals surface area contributed by atoms with Gasteiger partial charge in [0.15, 0.2) is 0 Å². The maximum Gasteiger partial charge on any atom is 0.255 e. The molecular weight excluding hydrogens is 230 g/mol. The van der Waals surface area contributed by atoms with Crippen molar-refractivity contribution in [2.45, 2.75) is 13.8 Å². The van der Waals surface area contributed by atoms with E-state index in [9.17, 15) is 4.79 Å². The Labute approximate surface area is 108 Å². The zero-order valence-corrected chi connectivity index (χ0v) is 11.2. The first-order valence-corrected chi connectivity index (χ1v) is 6.00. The number of aryl methyl sites for hydroxylation is 1. The van der Waals surface area contributed by atoms with E-state index in [4.69, 9.17) is 10.6 Å². The Morgan fingerprint density at radius 1 is 1.50 bits per heavy atom. The number of anilines is 1. The summed E-state index contributed by atoms with van der Waals surface area (Å²) in [5, 5.41) is 0. The molecule has 100 valence electrons. The van der Waals surface area contributed by atoms with Crippen molar-refractivity contribution in [1.82, 2.24) is 4.90 Å². The molecule has 0 bridgehead atoms. The standard InChI is InChI=1S/C13H21N3O2/c1-4-18-8-7-16(3)13(17)11-9-10(2)5-6-12(11)15-14/h5-6,9,15H,4,7-8,14H2,1-3H3. The van der Waals surface area contributed by atoms with Crippen LogP contribution >= 0.6 is 0 Å². The fourth-order valence-corrected chi connectivity index (χ4v) is 1.61. The number of ether oxygens (including phenoxy) is 1. The van der Waals surface area contributed by atoms with Crippen LogP contribution in [-0.2, 0) is 4.74 Å². The minimum Gasteiger partial charge on any atom is -0.380 e. The van der Waals surface area contributed by atoms with Gasteiger partial charge in [0.2, 0.25) is 0 Å². The number of carbonyl (C=O) groups is 1. The highest BCUT2D eigenvalue weighted by molar-refractivity contribution is 5.99. The van der Waals surface area contributed by atoms with E-state index in [0.29, 0.717) is 31.0 Å². The molecule has 1 aromatic rings. The quantitative estimate of drug-likeness (QED) is 0.455. The predicted molar refractivity (Wildman–Crippen MR) is 72.4 cm³/mol. The van der Waals surface area contributed by atoms with Gasteiger partial charge in [-0.1, -0.05) is 11.6 Å². The van der Waals surface area contributed by atoms with E-state index in [-0.39, 0.29) is 5.91 Å². The number of rotatable bonds is 6. The molecule has 0 radical (unpaired) electrons. The second kappa shape index (κ2) is 6.98. The first-order valence-electron chi connectivity index (χ1n) is 6.00. The highest BCUT2D eigenvalue weighted by Gasteiger charge is 2.15. The van der Waals surface area contributed by atoms with Gasteiger partial charge in [-0.15, -0.1) is 0 Å². The Morgan fingerprint density at radius 2 is 2.22 bits per heavy atom. The number of nitrogens with zero attached hydrogens (tertiary/aromatic N) is 1. The zero-order chi connectivity index (χ0) is 13.5. The fourth-order valence-electron chi connectivity index (χ4n) is 1.61. The van der Waals surface area contributed by atoms with Gasteiger partial charge in [0.1, 0.15) is 0 Å². The molecule has 0 saturated carbocycles. The summed E-state index contributed by atoms with van der Waals surface area (Å²) in [6.45, 7) is 5.62. The lowest BCUT2D eigenvalue weighted by molar-refractivity contribution is 0.0710. The SMILES string of the molecule is CCOCCN(C)C(=O)c1cc(C)ccc1NN. The zero-order valence-electron chi connectivity index (χ0n) is 11.2. The van der Waals surface area contributed by atoms with E-state index < -0.39 is 0 Å². The molecule has 0 unspecified atom stereocenters. The number of nitrogen functional groups attached to an aromatic ring is 1. The van der Waals surface area contributed by atoms with Crippen LogP contribution in [0.2, 0.25) is 0 Å². The van der Waals surface area contributed by atoms with Gasteiger partial charge in [-0.2, -0.15) is 0 Å². The van der Waals surface area contributed by atoms with Crippen LogP contribution in [0.1, 0.15) is 22.8 Å². The van der Waals surface area contributed by atoms with Gasteiger partial charge < -0.3 is 15.1 Å². The summed E-state index contributed by atoms with van der Waals surface area (Å²) >= 11 is 0. The summed E-state index contributed by atoms with van der Waals surface area (Å²) in [7, 11) is 1.75. The lowest BCUT2D eigenvalue weighted by Crippen LogP contribution is -2.31. The molecule has 1 amide bonds. The molecule has 3 N–H and O–H groups in total. The van der Waals surface area contributed by atoms with Crippen LogP contribution in [0.15, 0.2) is 18.2 Å². The van der Waals surface area contributed by atoms with Gasteiger partial charge >= 0.3 is 0 Å². The Kier molecular flexibility index (Phi) is 5.61. The van der Waals surface area contributed by atoms with Crippen molar-refractivity contribution in [3.05, 3.63) is 29.3 Å². The molecule has 5 heteroatoms. The lowest BCUT2D eigenvalue weighted by atomic mass is 10.1. The molecule has 0 heterocycles. The molecule has 0 fully saturated rings. The van der Waals surface area contributed by atoms with Crippen LogP contribution in [-0.4, -0.2) is 37.6 Å². The van der Waals surface area contributed by atoms with Gasteiger partial charge in [0.25, 0.3) is 5.91 Å². The minimum atomic E-state index is -0.0636. The number of nitrogens with two attached hydrogens (primary N) is 1. The average molecular weight is 251 g/mol. The average Bonchev–Trinajstić information content (AvgIpc) is 2.38. The van der Waals surface area contributed by atoms with Gasteiger partial charge in [-0.3, -0.25) is 10.6 Å². The summed E-state index contributed by atoms with van der Waals surface area (Å²) in [6.07, 6.45) is 0. The van der Waals surface area contributed by atoms with E-state index in [1.54, 1.807) is 18.0 Å². The molecule has 0 saturated heterocycles. The Balaban J connectivity index is 2.79. The van der Waals surface area contributed by atoms with Gasteiger partial charge in [-0.05, 0) is 26.0 Å². The lowest BCUT2D eigenvalue weighted by Gasteiger charge is -2.19. The van der Waals surface area contributed by atoms with E-state index in [2.05, 4.69) is 5.43 Å². The molecule has 1 rings (SSSR count). The van der Waals surface area contributed by atoms with Crippen molar-refractivity contribution in [3.8, 4) is 0 Å². The predicted octanol–water partition coefficient (Wildman–Crippen LogP) is 1.39. The Morgan fingerprint density at radius 3 is 2.83 bits per heavy atom. The molecule has 0 aliphatic rings. The number of amides is 1. The maximum atomic E-state index is 12.2. The number of carbonyl (C=O) groups excluding carboxylic acids is 1. The third-order valence-corrected chi connectivity index (χ3v) is 2.68. The van der Waals surface area contributed by atoms with Gasteiger partial charge in [0.05, 0.1) is 17.9 Å². The summed E-state index contributed by atoms with van der Waals surface area (Å²) in [4.78, 5) is 13.9. The molecule has 0 aliphatic heterocycles. The van der Waals surface area contributed by atoms with Crippen molar-refractivity contribution in [2.75, 3.05) is 32.2 Å². The molecular formula is C13H21N3O2. The minimum absolute atomic E-state index is 0.0636. The first kappa shape index (κ1) is 14.5. The smallest absolute Gasteiger partial charge is 0.255 e. The summed E-state index contributed by atoms with van der Waals surface area (Å²) in [6, 6.07) is 5.54. The maximum absolute atomic E-state index is 12.2. The molecule has 0 atom stereocenters. The molecule has 18 heavy (non-hydrogen) atoms. The number of hydrazine groups is 1. The summed E-state index contributed by atoms with van der Waals surface area (Å²) in [5.41, 5.74) is 4.78. The van der Waals surface area contributed by atoms with Crippen molar-refractivity contribution < 1.29 is 9.53 Å². The fraction of sp³-hybridized carbons (Fsp3) is 0.462. The van der Waals surface area contributed by atoms with E-state index in [0.717, 1.165) is 5.56 Å². The van der Waals surface area contributed by atoms with Crippen molar-refractivity contribution in [3.63, 3.8) is 0 Å². The van der Waals surface area contributed by atoms with E-state index >= 15 is 0 Å². The normalized spacial score (nSPS) is 10.2. The number of likely N-dealkylation sites (N-methyl/N-ethyl adjacent to an activating group) is 1. The van der Waals surface area contributed by atoms with E-state index in [1.165, 1.54) is 0 Å². The number of benzene rings is 1. The third-order valence-electron chi connectivity index (χ3n) is 2.68. The highest BCUT2D eigenvalue weighted by Crippen LogP contribution is 2.17. The van der Waals surface area contributed by atoms with Crippen LogP contribution in [0.4, 0.5) is 5.69 Å². The molecule has 0 spiro atoms. The second-order valence-electron chi connectivity index (χ2n) is 4.12. The third kappa shape index (κ3) is 3.72. The van der Waals surface area contributed by atoms with Crippen molar-refractivity contribution in [2.24, 2.45) is 5.84 Å². The molecule has 0 aromatic heterocycles. The van der Waals surface area contributed by atoms with Crippen LogP contribution in [0.3, 0.4) is 0 Å². The first-order chi connectivity index (χ1) is 8.60. The molecule has 1 aromatic carbocycles. The van der Waals surface area contributed by atoms with Crippen molar-refractivity contribution >= 4 is 11.6 Å². The van der Waals surface area contributed by atoms with Gasteiger partial charge in [-0.25, -0.2) is 0 Å². The monoisotopic (exact) mass is 251 g/mol. The van der Waals surface area contributed by atoms with Crippen LogP contribution in [0.5, 0.6) is 0 Å². The molecule has 0 aliphatic carbocycles. The summed E-state index contributed by atoms with van der Waals surface area (Å²) < 4.78 is 5.24. The number of nitrogens with one attached hydrogen (secondary N) is 1. The number of hydrogen-bond acceptors (Lipinski definition) is 4. The van der Waals surface area contributed by atoms with Crippen LogP contribution < -0.4 is 11.3 Å². The van der Waals surface area contributed by atoms with Crippen LogP contribution in [0.25, 0.3) is 0 Å². The number of hydrogen-bond donors (Lipinski definition) is 2. The highest BCUT2D eigenvalue weighted by atomic mass is 16.5. The summed E-state index contributed by atoms with van der Waals surface area (Å²) in [5.74, 6) is 5.35. The topological polar surface area (TPSA) is 67.6 Å². The van der Waals surface area contributed by atoms with Gasteiger partial charge in [0, 0.05) is 20.2 Å².